The molecule has 0 spiro atoms. The number of pyridine rings is 1. The van der Waals surface area contributed by atoms with Gasteiger partial charge in [-0.05, 0) is 23.8 Å². The van der Waals surface area contributed by atoms with Crippen LogP contribution < -0.4 is 5.73 Å². The Morgan fingerprint density at radius 2 is 2.18 bits per heavy atom. The lowest BCUT2D eigenvalue weighted by atomic mass is 10.1. The maximum absolute atomic E-state index is 5.72. The summed E-state index contributed by atoms with van der Waals surface area (Å²) in [7, 11) is 0. The number of rotatable bonds is 1. The number of fused-ring (bicyclic) bond motifs is 1. The largest absolute Gasteiger partial charge is 0.391 e. The van der Waals surface area contributed by atoms with E-state index in [1.54, 1.807) is 17.5 Å². The van der Waals surface area contributed by atoms with Crippen molar-refractivity contribution in [2.24, 2.45) is 0 Å². The summed E-state index contributed by atoms with van der Waals surface area (Å²) in [5.41, 5.74) is 8.94. The fraction of sp³-hybridized carbons (Fsp3) is 0.154. The molecule has 0 unspecified atom stereocenters. The van der Waals surface area contributed by atoms with Crippen molar-refractivity contribution in [3.63, 3.8) is 0 Å². The van der Waals surface area contributed by atoms with Gasteiger partial charge < -0.3 is 10.7 Å². The quantitative estimate of drug-likeness (QED) is 0.683. The van der Waals surface area contributed by atoms with Gasteiger partial charge in [0.15, 0.2) is 0 Å². The highest BCUT2D eigenvalue weighted by Gasteiger charge is 2.07. The molecule has 88 valence electrons. The van der Waals surface area contributed by atoms with E-state index in [1.165, 1.54) is 0 Å². The van der Waals surface area contributed by atoms with Crippen LogP contribution in [0.25, 0.3) is 22.2 Å². The highest BCUT2D eigenvalue weighted by Crippen LogP contribution is 2.31. The van der Waals surface area contributed by atoms with Gasteiger partial charge in [-0.3, -0.25) is 0 Å². The Hall–Kier alpha value is -1.81. The predicted octanol–water partition coefficient (Wildman–Crippen LogP) is 3.90. The smallest absolute Gasteiger partial charge is 0.137 e. The van der Waals surface area contributed by atoms with Crippen LogP contribution in [-0.2, 0) is 0 Å². The molecule has 3 nitrogen and oxygen atoms in total. The van der Waals surface area contributed by atoms with Crippen LogP contribution >= 0.6 is 11.3 Å². The minimum Gasteiger partial charge on any atom is -0.391 e. The molecule has 0 aliphatic heterocycles. The maximum atomic E-state index is 5.72. The molecule has 17 heavy (non-hydrogen) atoms. The SMILES string of the molecule is CC.Nc1cc(-c2c[nH]c3ncccc23)cs1. The standard InChI is InChI=1S/C11H9N3S.C2H6/c12-10-4-7(6-15-10)9-5-14-11-8(9)2-1-3-13-11;1-2/h1-6H,12H2,(H,13,14);1-2H3. The predicted molar refractivity (Wildman–Crippen MR) is 75.2 cm³/mol. The molecule has 0 aliphatic rings. The molecular weight excluding hydrogens is 230 g/mol. The second-order valence-electron chi connectivity index (χ2n) is 3.34. The van der Waals surface area contributed by atoms with E-state index in [0.717, 1.165) is 27.2 Å². The van der Waals surface area contributed by atoms with E-state index in [1.807, 2.05) is 32.2 Å². The topological polar surface area (TPSA) is 54.7 Å². The van der Waals surface area contributed by atoms with Crippen molar-refractivity contribution in [1.29, 1.82) is 0 Å². The average Bonchev–Trinajstić information content (AvgIpc) is 2.97. The van der Waals surface area contributed by atoms with Gasteiger partial charge in [0, 0.05) is 28.7 Å². The summed E-state index contributed by atoms with van der Waals surface area (Å²) in [4.78, 5) is 7.40. The molecule has 3 N–H and O–H groups in total. The molecule has 0 bridgehead atoms. The third-order valence-electron chi connectivity index (χ3n) is 2.38. The summed E-state index contributed by atoms with van der Waals surface area (Å²) in [5, 5.41) is 4.03. The average molecular weight is 245 g/mol. The summed E-state index contributed by atoms with van der Waals surface area (Å²) in [6.45, 7) is 4.00. The number of hydrogen-bond donors (Lipinski definition) is 2. The number of nitrogens with one attached hydrogen (secondary N) is 1. The molecule has 3 rings (SSSR count). The lowest BCUT2D eigenvalue weighted by molar-refractivity contribution is 1.33. The van der Waals surface area contributed by atoms with Crippen LogP contribution in [0.3, 0.4) is 0 Å². The number of nitrogen functional groups attached to an aromatic ring is 1. The number of aromatic amines is 1. The van der Waals surface area contributed by atoms with Gasteiger partial charge in [0.05, 0.1) is 5.00 Å². The van der Waals surface area contributed by atoms with Crippen molar-refractivity contribution in [2.45, 2.75) is 13.8 Å². The fourth-order valence-corrected chi connectivity index (χ4v) is 2.34. The van der Waals surface area contributed by atoms with Crippen molar-refractivity contribution in [3.05, 3.63) is 36.0 Å². The molecule has 0 saturated heterocycles. The zero-order valence-corrected chi connectivity index (χ0v) is 10.7. The summed E-state index contributed by atoms with van der Waals surface area (Å²) >= 11 is 1.55. The van der Waals surface area contributed by atoms with Gasteiger partial charge in [0.2, 0.25) is 0 Å². The van der Waals surface area contributed by atoms with Crippen molar-refractivity contribution >= 4 is 27.4 Å². The van der Waals surface area contributed by atoms with Crippen LogP contribution in [0.1, 0.15) is 13.8 Å². The van der Waals surface area contributed by atoms with Gasteiger partial charge in [0.25, 0.3) is 0 Å². The minimum absolute atomic E-state index is 0.836. The van der Waals surface area contributed by atoms with Crippen molar-refractivity contribution < 1.29 is 0 Å². The zero-order chi connectivity index (χ0) is 12.3. The number of nitrogens with zero attached hydrogens (tertiary/aromatic N) is 1. The van der Waals surface area contributed by atoms with E-state index in [2.05, 4.69) is 21.4 Å². The van der Waals surface area contributed by atoms with E-state index in [-0.39, 0.29) is 0 Å². The molecule has 3 heterocycles. The second kappa shape index (κ2) is 5.01. The van der Waals surface area contributed by atoms with E-state index in [9.17, 15) is 0 Å². The Balaban J connectivity index is 0.000000514. The summed E-state index contributed by atoms with van der Waals surface area (Å²) in [5.74, 6) is 0. The zero-order valence-electron chi connectivity index (χ0n) is 9.90. The molecule has 0 aromatic carbocycles. The van der Waals surface area contributed by atoms with Gasteiger partial charge in [0.1, 0.15) is 5.65 Å². The third-order valence-corrected chi connectivity index (χ3v) is 3.14. The van der Waals surface area contributed by atoms with Crippen LogP contribution in [0.5, 0.6) is 0 Å². The number of nitrogens with two attached hydrogens (primary N) is 1. The van der Waals surface area contributed by atoms with Crippen LogP contribution in [0.2, 0.25) is 0 Å². The molecule has 0 radical (unpaired) electrons. The molecule has 0 atom stereocenters. The van der Waals surface area contributed by atoms with Gasteiger partial charge in [-0.2, -0.15) is 0 Å². The number of aromatic nitrogens is 2. The summed E-state index contributed by atoms with van der Waals surface area (Å²) < 4.78 is 0. The Morgan fingerprint density at radius 3 is 2.88 bits per heavy atom. The first-order valence-electron chi connectivity index (χ1n) is 5.61. The van der Waals surface area contributed by atoms with Crippen LogP contribution in [-0.4, -0.2) is 9.97 Å². The first kappa shape index (κ1) is 11.7. The maximum Gasteiger partial charge on any atom is 0.137 e. The molecule has 0 fully saturated rings. The molecular formula is C13H15N3S. The minimum atomic E-state index is 0.836. The first-order chi connectivity index (χ1) is 8.34. The lowest BCUT2D eigenvalue weighted by Crippen LogP contribution is -1.75. The number of H-pyrrole nitrogens is 1. The Bertz CT molecular complexity index is 610. The molecule has 3 aromatic heterocycles. The Kier molecular flexibility index (Phi) is 3.44. The molecule has 4 heteroatoms. The van der Waals surface area contributed by atoms with Gasteiger partial charge in [-0.1, -0.05) is 13.8 Å². The monoisotopic (exact) mass is 245 g/mol. The van der Waals surface area contributed by atoms with Crippen LogP contribution in [0.15, 0.2) is 36.0 Å². The summed E-state index contributed by atoms with van der Waals surface area (Å²) in [6.07, 6.45) is 3.75. The van der Waals surface area contributed by atoms with E-state index < -0.39 is 0 Å². The Morgan fingerprint density at radius 1 is 1.35 bits per heavy atom. The Labute approximate surface area is 104 Å². The molecule has 0 amide bonds. The van der Waals surface area contributed by atoms with Gasteiger partial charge in [-0.25, -0.2) is 4.98 Å². The van der Waals surface area contributed by atoms with Crippen LogP contribution in [0.4, 0.5) is 5.00 Å². The van der Waals surface area contributed by atoms with E-state index in [0.29, 0.717) is 0 Å². The highest BCUT2D eigenvalue weighted by molar-refractivity contribution is 7.14. The highest BCUT2D eigenvalue weighted by atomic mass is 32.1. The first-order valence-corrected chi connectivity index (χ1v) is 6.49. The summed E-state index contributed by atoms with van der Waals surface area (Å²) in [6, 6.07) is 5.98. The lowest BCUT2D eigenvalue weighted by Gasteiger charge is -1.93. The number of hydrogen-bond acceptors (Lipinski definition) is 3. The van der Waals surface area contributed by atoms with Crippen molar-refractivity contribution in [2.75, 3.05) is 5.73 Å². The third kappa shape index (κ3) is 2.17. The molecule has 3 aromatic rings. The van der Waals surface area contributed by atoms with E-state index >= 15 is 0 Å². The van der Waals surface area contributed by atoms with Crippen molar-refractivity contribution in [3.8, 4) is 11.1 Å². The van der Waals surface area contributed by atoms with Crippen molar-refractivity contribution in [1.82, 2.24) is 9.97 Å². The number of anilines is 1. The molecule has 0 aliphatic carbocycles. The fourth-order valence-electron chi connectivity index (χ4n) is 1.69. The molecule has 0 saturated carbocycles. The number of thiophene rings is 1. The van der Waals surface area contributed by atoms with Crippen LogP contribution in [0, 0.1) is 0 Å². The van der Waals surface area contributed by atoms with Gasteiger partial charge >= 0.3 is 0 Å². The van der Waals surface area contributed by atoms with Gasteiger partial charge in [-0.15, -0.1) is 11.3 Å². The second-order valence-corrected chi connectivity index (χ2v) is 4.28. The van der Waals surface area contributed by atoms with E-state index in [4.69, 9.17) is 5.73 Å². The normalized spacial score (nSPS) is 10.0.